The molecule has 3 aromatic carbocycles. The number of para-hydroxylation sites is 2. The molecule has 1 aliphatic heterocycles. The molecule has 4 nitrogen and oxygen atoms in total. The maximum absolute atomic E-state index is 12.4. The summed E-state index contributed by atoms with van der Waals surface area (Å²) in [6, 6.07) is 25.1. The predicted molar refractivity (Wildman–Crippen MR) is 107 cm³/mol. The van der Waals surface area contributed by atoms with Gasteiger partial charge in [0, 0.05) is 5.69 Å². The third-order valence-corrected chi connectivity index (χ3v) is 4.25. The molecule has 0 radical (unpaired) electrons. The Morgan fingerprint density at radius 2 is 1.44 bits per heavy atom. The molecule has 1 atom stereocenters. The normalized spacial score (nSPS) is 15.5. The second kappa shape index (κ2) is 7.79. The quantitative estimate of drug-likeness (QED) is 0.692. The van der Waals surface area contributed by atoms with Crippen LogP contribution in [0.5, 0.6) is 11.5 Å². The fourth-order valence-electron chi connectivity index (χ4n) is 2.81. The first-order chi connectivity index (χ1) is 13.3. The highest BCUT2D eigenvalue weighted by atomic mass is 16.6. The van der Waals surface area contributed by atoms with E-state index in [-0.39, 0.29) is 12.5 Å². The lowest BCUT2D eigenvalue weighted by Crippen LogP contribution is -2.40. The van der Waals surface area contributed by atoms with Gasteiger partial charge in [-0.2, -0.15) is 0 Å². The number of hydrogen-bond acceptors (Lipinski definition) is 3. The van der Waals surface area contributed by atoms with E-state index in [9.17, 15) is 4.79 Å². The van der Waals surface area contributed by atoms with Crippen LogP contribution in [0.15, 0.2) is 78.9 Å². The summed E-state index contributed by atoms with van der Waals surface area (Å²) < 4.78 is 11.3. The van der Waals surface area contributed by atoms with E-state index in [4.69, 9.17) is 9.47 Å². The van der Waals surface area contributed by atoms with Crippen LogP contribution >= 0.6 is 0 Å². The first kappa shape index (κ1) is 16.9. The number of amides is 1. The molecule has 134 valence electrons. The molecule has 27 heavy (non-hydrogen) atoms. The second-order valence-electron chi connectivity index (χ2n) is 6.22. The van der Waals surface area contributed by atoms with Crippen LogP contribution in [0.4, 0.5) is 5.69 Å². The zero-order chi connectivity index (χ0) is 18.5. The largest absolute Gasteiger partial charge is 0.485 e. The van der Waals surface area contributed by atoms with Crippen LogP contribution in [0.2, 0.25) is 0 Å². The summed E-state index contributed by atoms with van der Waals surface area (Å²) in [5.74, 6) is 1.03. The van der Waals surface area contributed by atoms with Gasteiger partial charge in [0.05, 0.1) is 0 Å². The molecule has 3 aromatic rings. The Hall–Kier alpha value is -3.53. The van der Waals surface area contributed by atoms with Crippen molar-refractivity contribution in [2.45, 2.75) is 6.10 Å². The lowest BCUT2D eigenvalue weighted by atomic mass is 10.1. The van der Waals surface area contributed by atoms with Crippen LogP contribution in [-0.2, 0) is 4.79 Å². The molecule has 4 rings (SSSR count). The fourth-order valence-corrected chi connectivity index (χ4v) is 2.81. The number of anilines is 1. The van der Waals surface area contributed by atoms with E-state index in [0.717, 1.165) is 16.8 Å². The van der Waals surface area contributed by atoms with Gasteiger partial charge in [-0.1, -0.05) is 66.7 Å². The molecule has 0 aliphatic carbocycles. The average molecular weight is 357 g/mol. The van der Waals surface area contributed by atoms with Gasteiger partial charge in [0.25, 0.3) is 5.91 Å². The summed E-state index contributed by atoms with van der Waals surface area (Å²) in [5.41, 5.74) is 2.92. The Labute approximate surface area is 158 Å². The van der Waals surface area contributed by atoms with Crippen molar-refractivity contribution in [1.29, 1.82) is 0 Å². The van der Waals surface area contributed by atoms with E-state index in [0.29, 0.717) is 11.5 Å². The van der Waals surface area contributed by atoms with Crippen molar-refractivity contribution in [2.24, 2.45) is 0 Å². The Kier molecular flexibility index (Phi) is 4.88. The monoisotopic (exact) mass is 357 g/mol. The highest BCUT2D eigenvalue weighted by Crippen LogP contribution is 2.31. The van der Waals surface area contributed by atoms with Crippen molar-refractivity contribution >= 4 is 23.7 Å². The molecule has 1 amide bonds. The third-order valence-electron chi connectivity index (χ3n) is 4.25. The maximum Gasteiger partial charge on any atom is 0.269 e. The van der Waals surface area contributed by atoms with Gasteiger partial charge in [-0.15, -0.1) is 0 Å². The van der Waals surface area contributed by atoms with E-state index < -0.39 is 6.10 Å². The van der Waals surface area contributed by atoms with Gasteiger partial charge in [0.1, 0.15) is 6.61 Å². The molecule has 4 heteroatoms. The van der Waals surface area contributed by atoms with E-state index in [1.807, 2.05) is 66.7 Å². The molecular weight excluding hydrogens is 338 g/mol. The maximum atomic E-state index is 12.4. The van der Waals surface area contributed by atoms with Gasteiger partial charge in [-0.3, -0.25) is 4.79 Å². The second-order valence-corrected chi connectivity index (χ2v) is 6.22. The number of rotatable bonds is 4. The van der Waals surface area contributed by atoms with Gasteiger partial charge in [0.15, 0.2) is 11.5 Å². The van der Waals surface area contributed by atoms with Crippen LogP contribution < -0.4 is 14.8 Å². The first-order valence-electron chi connectivity index (χ1n) is 8.80. The lowest BCUT2D eigenvalue weighted by molar-refractivity contribution is -0.125. The van der Waals surface area contributed by atoms with E-state index in [1.165, 1.54) is 0 Å². The molecule has 1 heterocycles. The molecule has 0 saturated carbocycles. The molecule has 1 unspecified atom stereocenters. The fraction of sp³-hybridized carbons (Fsp3) is 0.0870. The minimum Gasteiger partial charge on any atom is -0.485 e. The molecular formula is C23H19NO3. The van der Waals surface area contributed by atoms with E-state index in [1.54, 1.807) is 6.07 Å². The zero-order valence-electron chi connectivity index (χ0n) is 14.7. The van der Waals surface area contributed by atoms with Gasteiger partial charge in [-0.05, 0) is 35.4 Å². The SMILES string of the molecule is O=C(Nc1ccc(C=Cc2ccccc2)cc1)C1COc2ccccc2O1. The summed E-state index contributed by atoms with van der Waals surface area (Å²) in [7, 11) is 0. The number of nitrogens with one attached hydrogen (secondary N) is 1. The van der Waals surface area contributed by atoms with Gasteiger partial charge in [-0.25, -0.2) is 0 Å². The van der Waals surface area contributed by atoms with Crippen molar-refractivity contribution in [3.8, 4) is 11.5 Å². The lowest BCUT2D eigenvalue weighted by Gasteiger charge is -2.25. The highest BCUT2D eigenvalue weighted by Gasteiger charge is 2.27. The van der Waals surface area contributed by atoms with E-state index >= 15 is 0 Å². The smallest absolute Gasteiger partial charge is 0.269 e. The molecule has 1 N–H and O–H groups in total. The number of benzene rings is 3. The van der Waals surface area contributed by atoms with Gasteiger partial charge >= 0.3 is 0 Å². The van der Waals surface area contributed by atoms with Crippen LogP contribution in [-0.4, -0.2) is 18.6 Å². The zero-order valence-corrected chi connectivity index (χ0v) is 14.7. The number of carbonyl (C=O) groups is 1. The van der Waals surface area contributed by atoms with Gasteiger partial charge in [0.2, 0.25) is 6.10 Å². The van der Waals surface area contributed by atoms with Crippen LogP contribution in [0.1, 0.15) is 11.1 Å². The third kappa shape index (κ3) is 4.18. The summed E-state index contributed by atoms with van der Waals surface area (Å²) in [6.07, 6.45) is 3.42. The number of ether oxygens (including phenoxy) is 2. The minimum atomic E-state index is -0.669. The van der Waals surface area contributed by atoms with Gasteiger partial charge < -0.3 is 14.8 Å². The Bertz CT molecular complexity index is 949. The van der Waals surface area contributed by atoms with Crippen molar-refractivity contribution in [3.05, 3.63) is 90.0 Å². The Morgan fingerprint density at radius 3 is 2.19 bits per heavy atom. The number of carbonyl (C=O) groups excluding carboxylic acids is 1. The van der Waals surface area contributed by atoms with Crippen molar-refractivity contribution in [3.63, 3.8) is 0 Å². The molecule has 0 spiro atoms. The van der Waals surface area contributed by atoms with E-state index in [2.05, 4.69) is 23.5 Å². The van der Waals surface area contributed by atoms with Crippen molar-refractivity contribution in [1.82, 2.24) is 0 Å². The Balaban J connectivity index is 1.37. The summed E-state index contributed by atoms with van der Waals surface area (Å²) >= 11 is 0. The number of hydrogen-bond donors (Lipinski definition) is 1. The molecule has 0 fully saturated rings. The van der Waals surface area contributed by atoms with Crippen LogP contribution in [0.3, 0.4) is 0 Å². The van der Waals surface area contributed by atoms with Crippen molar-refractivity contribution < 1.29 is 14.3 Å². The van der Waals surface area contributed by atoms with Crippen molar-refractivity contribution in [2.75, 3.05) is 11.9 Å². The highest BCUT2D eigenvalue weighted by molar-refractivity contribution is 5.94. The molecule has 0 bridgehead atoms. The predicted octanol–water partition coefficient (Wildman–Crippen LogP) is 4.64. The first-order valence-corrected chi connectivity index (χ1v) is 8.80. The summed E-state index contributed by atoms with van der Waals surface area (Å²) in [4.78, 5) is 12.4. The minimum absolute atomic E-state index is 0.195. The molecule has 0 aromatic heterocycles. The average Bonchev–Trinajstić information content (AvgIpc) is 2.73. The standard InChI is InChI=1S/C23H19NO3/c25-23(22-16-26-20-8-4-5-9-21(20)27-22)24-19-14-12-18(13-15-19)11-10-17-6-2-1-3-7-17/h1-15,22H,16H2,(H,24,25). The molecule has 0 saturated heterocycles. The Morgan fingerprint density at radius 1 is 0.815 bits per heavy atom. The summed E-state index contributed by atoms with van der Waals surface area (Å²) in [5, 5.41) is 2.88. The van der Waals surface area contributed by atoms with Crippen LogP contribution in [0.25, 0.3) is 12.2 Å². The number of fused-ring (bicyclic) bond motifs is 1. The molecule has 1 aliphatic rings. The topological polar surface area (TPSA) is 47.6 Å². The summed E-state index contributed by atoms with van der Waals surface area (Å²) in [6.45, 7) is 0.195. The van der Waals surface area contributed by atoms with Crippen LogP contribution in [0, 0.1) is 0 Å².